The van der Waals surface area contributed by atoms with E-state index in [1.165, 1.54) is 0 Å². The summed E-state index contributed by atoms with van der Waals surface area (Å²) >= 11 is 0. The molecule has 0 aromatic rings. The Morgan fingerprint density at radius 2 is 1.89 bits per heavy atom. The monoisotopic (exact) mass is 270 g/mol. The molecule has 0 bridgehead atoms. The van der Waals surface area contributed by atoms with E-state index in [0.29, 0.717) is 0 Å². The van der Waals surface area contributed by atoms with E-state index in [2.05, 4.69) is 17.1 Å². The normalized spacial score (nSPS) is 18.3. The Balaban J connectivity index is 2.33. The number of piperidine rings is 1. The third-order valence-corrected chi connectivity index (χ3v) is 3.67. The van der Waals surface area contributed by atoms with E-state index in [1.54, 1.807) is 13.8 Å². The molecule has 0 unspecified atom stereocenters. The standard InChI is InChI=1S/C14H26N2O3/c1-4-7-16-8-5-11(6-9-16)15-12(17)10-14(2,3)13(18)19/h11H,4-10H2,1-3H3,(H,15,17)(H,18,19). The summed E-state index contributed by atoms with van der Waals surface area (Å²) in [6, 6.07) is 0.199. The molecule has 0 aliphatic carbocycles. The minimum Gasteiger partial charge on any atom is -0.481 e. The van der Waals surface area contributed by atoms with E-state index in [9.17, 15) is 9.59 Å². The Morgan fingerprint density at radius 3 is 2.37 bits per heavy atom. The van der Waals surface area contributed by atoms with Crippen molar-refractivity contribution in [1.29, 1.82) is 0 Å². The van der Waals surface area contributed by atoms with Gasteiger partial charge in [0.15, 0.2) is 0 Å². The average Bonchev–Trinajstić information content (AvgIpc) is 2.31. The maximum Gasteiger partial charge on any atom is 0.309 e. The van der Waals surface area contributed by atoms with Gasteiger partial charge in [0, 0.05) is 25.6 Å². The Labute approximate surface area is 115 Å². The SMILES string of the molecule is CCCN1CCC(NC(=O)CC(C)(C)C(=O)O)CC1. The zero-order valence-corrected chi connectivity index (χ0v) is 12.2. The Morgan fingerprint density at radius 1 is 1.32 bits per heavy atom. The number of aliphatic carboxylic acids is 1. The molecule has 0 radical (unpaired) electrons. The fourth-order valence-electron chi connectivity index (χ4n) is 2.37. The summed E-state index contributed by atoms with van der Waals surface area (Å²) in [5, 5.41) is 12.0. The molecule has 0 aromatic carbocycles. The molecule has 5 nitrogen and oxygen atoms in total. The summed E-state index contributed by atoms with van der Waals surface area (Å²) in [6.45, 7) is 8.48. The molecular weight excluding hydrogens is 244 g/mol. The molecule has 1 aliphatic rings. The molecule has 19 heavy (non-hydrogen) atoms. The van der Waals surface area contributed by atoms with Crippen molar-refractivity contribution < 1.29 is 14.7 Å². The van der Waals surface area contributed by atoms with E-state index in [-0.39, 0.29) is 18.4 Å². The predicted octanol–water partition coefficient (Wildman–Crippen LogP) is 1.48. The van der Waals surface area contributed by atoms with Gasteiger partial charge in [-0.2, -0.15) is 0 Å². The van der Waals surface area contributed by atoms with Crippen LogP contribution in [-0.4, -0.2) is 47.6 Å². The second-order valence-electron chi connectivity index (χ2n) is 6.05. The van der Waals surface area contributed by atoms with Gasteiger partial charge < -0.3 is 15.3 Å². The summed E-state index contributed by atoms with van der Waals surface area (Å²) in [6.07, 6.45) is 3.11. The second kappa shape index (κ2) is 6.89. The van der Waals surface area contributed by atoms with E-state index in [0.717, 1.165) is 38.9 Å². The molecule has 1 aliphatic heterocycles. The number of carboxylic acids is 1. The minimum atomic E-state index is -0.993. The van der Waals surface area contributed by atoms with Crippen molar-refractivity contribution in [2.45, 2.75) is 52.5 Å². The minimum absolute atomic E-state index is 0.0392. The molecule has 1 amide bonds. The topological polar surface area (TPSA) is 69.6 Å². The van der Waals surface area contributed by atoms with Crippen LogP contribution in [0.15, 0.2) is 0 Å². The van der Waals surface area contributed by atoms with Crippen LogP contribution in [0.5, 0.6) is 0 Å². The van der Waals surface area contributed by atoms with E-state index < -0.39 is 11.4 Å². The zero-order chi connectivity index (χ0) is 14.5. The van der Waals surface area contributed by atoms with E-state index in [1.807, 2.05) is 0 Å². The van der Waals surface area contributed by atoms with Crippen LogP contribution in [0, 0.1) is 5.41 Å². The number of likely N-dealkylation sites (tertiary alicyclic amines) is 1. The van der Waals surface area contributed by atoms with Crippen LogP contribution in [0.4, 0.5) is 0 Å². The lowest BCUT2D eigenvalue weighted by molar-refractivity contribution is -0.149. The number of amides is 1. The van der Waals surface area contributed by atoms with Gasteiger partial charge in [-0.15, -0.1) is 0 Å². The molecule has 110 valence electrons. The van der Waals surface area contributed by atoms with Gasteiger partial charge in [0.1, 0.15) is 0 Å². The number of carboxylic acid groups (broad SMARTS) is 1. The van der Waals surface area contributed by atoms with Crippen LogP contribution in [-0.2, 0) is 9.59 Å². The highest BCUT2D eigenvalue weighted by Crippen LogP contribution is 2.20. The first-order chi connectivity index (χ1) is 8.85. The smallest absolute Gasteiger partial charge is 0.309 e. The molecule has 0 atom stereocenters. The average molecular weight is 270 g/mol. The maximum atomic E-state index is 11.9. The van der Waals surface area contributed by atoms with Gasteiger partial charge in [-0.3, -0.25) is 9.59 Å². The van der Waals surface area contributed by atoms with Crippen molar-refractivity contribution in [2.75, 3.05) is 19.6 Å². The van der Waals surface area contributed by atoms with Crippen LogP contribution in [0.25, 0.3) is 0 Å². The van der Waals surface area contributed by atoms with Crippen molar-refractivity contribution in [1.82, 2.24) is 10.2 Å². The number of carbonyl (C=O) groups excluding carboxylic acids is 1. The molecule has 2 N–H and O–H groups in total. The highest BCUT2D eigenvalue weighted by Gasteiger charge is 2.31. The van der Waals surface area contributed by atoms with Gasteiger partial charge in [0.2, 0.25) is 5.91 Å². The third-order valence-electron chi connectivity index (χ3n) is 3.67. The Bertz CT molecular complexity index is 321. The first-order valence-electron chi connectivity index (χ1n) is 7.10. The van der Waals surface area contributed by atoms with Gasteiger partial charge in [-0.05, 0) is 39.7 Å². The molecular formula is C14H26N2O3. The summed E-state index contributed by atoms with van der Waals surface area (Å²) < 4.78 is 0. The zero-order valence-electron chi connectivity index (χ0n) is 12.2. The highest BCUT2D eigenvalue weighted by molar-refractivity contribution is 5.84. The number of rotatable bonds is 6. The second-order valence-corrected chi connectivity index (χ2v) is 6.05. The van der Waals surface area contributed by atoms with Crippen molar-refractivity contribution in [2.24, 2.45) is 5.41 Å². The highest BCUT2D eigenvalue weighted by atomic mass is 16.4. The van der Waals surface area contributed by atoms with Crippen LogP contribution in [0.1, 0.15) is 46.5 Å². The lowest BCUT2D eigenvalue weighted by atomic mass is 9.89. The molecule has 1 fully saturated rings. The molecule has 0 aromatic heterocycles. The quantitative estimate of drug-likeness (QED) is 0.767. The summed E-state index contributed by atoms with van der Waals surface area (Å²) in [5.74, 6) is -1.08. The van der Waals surface area contributed by atoms with E-state index >= 15 is 0 Å². The number of hydrogen-bond acceptors (Lipinski definition) is 3. The molecule has 1 saturated heterocycles. The lowest BCUT2D eigenvalue weighted by Gasteiger charge is -2.32. The number of carbonyl (C=O) groups is 2. The first kappa shape index (κ1) is 16.0. The van der Waals surface area contributed by atoms with Gasteiger partial charge in [-0.1, -0.05) is 6.92 Å². The largest absolute Gasteiger partial charge is 0.481 e. The predicted molar refractivity (Wildman–Crippen MR) is 73.9 cm³/mol. The Kier molecular flexibility index (Phi) is 5.79. The third kappa shape index (κ3) is 5.19. The fourth-order valence-corrected chi connectivity index (χ4v) is 2.37. The molecule has 1 rings (SSSR count). The van der Waals surface area contributed by atoms with Gasteiger partial charge in [-0.25, -0.2) is 0 Å². The Hall–Kier alpha value is -1.10. The van der Waals surface area contributed by atoms with Gasteiger partial charge in [0.05, 0.1) is 5.41 Å². The van der Waals surface area contributed by atoms with Crippen LogP contribution >= 0.6 is 0 Å². The van der Waals surface area contributed by atoms with E-state index in [4.69, 9.17) is 5.11 Å². The number of nitrogens with one attached hydrogen (secondary N) is 1. The van der Waals surface area contributed by atoms with Crippen LogP contribution in [0.2, 0.25) is 0 Å². The van der Waals surface area contributed by atoms with Crippen molar-refractivity contribution in [3.05, 3.63) is 0 Å². The first-order valence-corrected chi connectivity index (χ1v) is 7.10. The lowest BCUT2D eigenvalue weighted by Crippen LogP contribution is -2.46. The van der Waals surface area contributed by atoms with Crippen LogP contribution < -0.4 is 5.32 Å². The van der Waals surface area contributed by atoms with Crippen molar-refractivity contribution in [3.8, 4) is 0 Å². The summed E-state index contributed by atoms with van der Waals surface area (Å²) in [4.78, 5) is 25.2. The maximum absolute atomic E-state index is 11.9. The fraction of sp³-hybridized carbons (Fsp3) is 0.857. The summed E-state index contributed by atoms with van der Waals surface area (Å²) in [5.41, 5.74) is -0.993. The van der Waals surface area contributed by atoms with Crippen molar-refractivity contribution in [3.63, 3.8) is 0 Å². The van der Waals surface area contributed by atoms with Crippen LogP contribution in [0.3, 0.4) is 0 Å². The van der Waals surface area contributed by atoms with Gasteiger partial charge in [0.25, 0.3) is 0 Å². The number of hydrogen-bond donors (Lipinski definition) is 2. The van der Waals surface area contributed by atoms with Crippen molar-refractivity contribution >= 4 is 11.9 Å². The molecule has 0 saturated carbocycles. The van der Waals surface area contributed by atoms with Gasteiger partial charge >= 0.3 is 5.97 Å². The molecule has 1 heterocycles. The molecule has 0 spiro atoms. The molecule has 5 heteroatoms. The summed E-state index contributed by atoms with van der Waals surface area (Å²) in [7, 11) is 0. The number of nitrogens with zero attached hydrogens (tertiary/aromatic N) is 1.